The van der Waals surface area contributed by atoms with Crippen molar-refractivity contribution in [3.63, 3.8) is 0 Å². The van der Waals surface area contributed by atoms with Crippen molar-refractivity contribution in [1.82, 2.24) is 0 Å². The molecule has 0 aliphatic heterocycles. The molecular weight excluding hydrogens is 469 g/mol. The molecule has 0 fully saturated rings. The van der Waals surface area contributed by atoms with Gasteiger partial charge in [0, 0.05) is 0 Å². The first kappa shape index (κ1) is 37.3. The third kappa shape index (κ3) is 56.3. The van der Waals surface area contributed by atoms with Crippen LogP contribution in [0.25, 0.3) is 0 Å². The standard InChI is InChI=1S/C3HF7.3BF4.K.H/c4-1(5)2(6,7)3(8,9)10;3*2-1(3,4)5;;/h1H;;;;;/q;3*-1;;. The van der Waals surface area contributed by atoms with Crippen LogP contribution in [-0.4, -0.2) is 91.7 Å². The van der Waals surface area contributed by atoms with E-state index in [0.717, 1.165) is 0 Å². The zero-order chi connectivity index (χ0) is 22.1. The van der Waals surface area contributed by atoms with E-state index in [4.69, 9.17) is 0 Å². The summed E-state index contributed by atoms with van der Waals surface area (Å²) in [5.41, 5.74) is 0. The number of alkyl halides is 7. The third-order valence-electron chi connectivity index (χ3n) is 0.652. The van der Waals surface area contributed by atoms with Crippen LogP contribution in [-0.2, 0) is 0 Å². The van der Waals surface area contributed by atoms with Crippen molar-refractivity contribution in [2.75, 3.05) is 0 Å². The Bertz CT molecular complexity index is 274. The quantitative estimate of drug-likeness (QED) is 0.341. The van der Waals surface area contributed by atoms with Gasteiger partial charge in [-0.25, -0.2) is 8.78 Å². The number of halogens is 19. The maximum atomic E-state index is 11.2. The van der Waals surface area contributed by atoms with Gasteiger partial charge in [0.25, 0.3) is 0 Å². The van der Waals surface area contributed by atoms with Crippen molar-refractivity contribution >= 4 is 73.1 Å². The Hall–Kier alpha value is 0.501. The van der Waals surface area contributed by atoms with Crippen molar-refractivity contribution in [2.45, 2.75) is 18.5 Å². The maximum absolute atomic E-state index is 11.2. The summed E-state index contributed by atoms with van der Waals surface area (Å²) in [4.78, 5) is 0. The van der Waals surface area contributed by atoms with Gasteiger partial charge < -0.3 is 51.8 Å². The topological polar surface area (TPSA) is 0 Å². The van der Waals surface area contributed by atoms with E-state index in [9.17, 15) is 82.5 Å². The number of rotatable bonds is 1. The Morgan fingerprint density at radius 3 is 0.577 bits per heavy atom. The van der Waals surface area contributed by atoms with Gasteiger partial charge >= 0.3 is 91.7 Å². The molecule has 0 heterocycles. The molecule has 0 rings (SSSR count). The molecule has 0 saturated carbocycles. The Labute approximate surface area is 173 Å². The van der Waals surface area contributed by atoms with Crippen LogP contribution in [0, 0.1) is 0 Å². The molecule has 0 atom stereocenters. The average Bonchev–Trinajstić information content (AvgIpc) is 2.05. The minimum absolute atomic E-state index is 0. The SMILES string of the molecule is FC(F)C(F)(F)C(F)(F)F.F[B-](F)(F)F.F[B-](F)(F)F.F[B-](F)(F)F.[KH]. The summed E-state index contributed by atoms with van der Waals surface area (Å²) in [5, 5.41) is 0. The summed E-state index contributed by atoms with van der Waals surface area (Å²) in [6.07, 6.45) is -10.9. The summed E-state index contributed by atoms with van der Waals surface area (Å²) in [5.74, 6) is -5.90. The molecule has 0 aromatic heterocycles. The number of hydrogen-bond acceptors (Lipinski definition) is 0. The first-order valence-electron chi connectivity index (χ1n) is 4.54. The summed E-state index contributed by atoms with van der Waals surface area (Å²) >= 11 is 0. The molecule has 23 heteroatoms. The number of hydrogen-bond donors (Lipinski definition) is 0. The van der Waals surface area contributed by atoms with Crippen molar-refractivity contribution < 1.29 is 82.5 Å². The van der Waals surface area contributed by atoms with E-state index in [1.807, 2.05) is 0 Å². The molecule has 0 radical (unpaired) electrons. The molecule has 0 aromatic carbocycles. The Morgan fingerprint density at radius 1 is 0.462 bits per heavy atom. The van der Waals surface area contributed by atoms with Crippen LogP contribution in [0.4, 0.5) is 82.5 Å². The van der Waals surface area contributed by atoms with E-state index in [1.165, 1.54) is 0 Å². The fourth-order valence-electron chi connectivity index (χ4n) is 0.124. The summed E-state index contributed by atoms with van der Waals surface area (Å²) in [6, 6.07) is 0. The van der Waals surface area contributed by atoms with Gasteiger partial charge in [-0.1, -0.05) is 0 Å². The van der Waals surface area contributed by atoms with Crippen LogP contribution in [0.2, 0.25) is 0 Å². The Balaban J connectivity index is -0.0000000794. The van der Waals surface area contributed by atoms with Crippen molar-refractivity contribution in [3.8, 4) is 0 Å². The molecule has 0 aromatic rings. The first-order valence-corrected chi connectivity index (χ1v) is 4.54. The molecule has 0 unspecified atom stereocenters. The summed E-state index contributed by atoms with van der Waals surface area (Å²) < 4.78 is 194. The molecular formula is C3H2B3F19K-3. The van der Waals surface area contributed by atoms with E-state index in [2.05, 4.69) is 0 Å². The second kappa shape index (κ2) is 13.6. The predicted molar refractivity (Wildman–Crippen MR) is 54.7 cm³/mol. The van der Waals surface area contributed by atoms with Crippen LogP contribution in [0.5, 0.6) is 0 Å². The van der Waals surface area contributed by atoms with Gasteiger partial charge in [0.05, 0.1) is 0 Å². The van der Waals surface area contributed by atoms with Crippen LogP contribution < -0.4 is 0 Å². The first-order chi connectivity index (χ1) is 10.2. The molecule has 0 spiro atoms. The molecule has 0 amide bonds. The van der Waals surface area contributed by atoms with Crippen LogP contribution in [0.15, 0.2) is 0 Å². The molecule has 0 saturated heterocycles. The van der Waals surface area contributed by atoms with E-state index < -0.39 is 40.3 Å². The molecule has 0 aliphatic rings. The van der Waals surface area contributed by atoms with Gasteiger partial charge in [0.2, 0.25) is 0 Å². The van der Waals surface area contributed by atoms with Gasteiger partial charge in [0.15, 0.2) is 0 Å². The minimum atomic E-state index is -6.17. The van der Waals surface area contributed by atoms with Crippen molar-refractivity contribution in [2.24, 2.45) is 0 Å². The van der Waals surface area contributed by atoms with Crippen molar-refractivity contribution in [1.29, 1.82) is 0 Å². The van der Waals surface area contributed by atoms with Crippen LogP contribution in [0.1, 0.15) is 0 Å². The van der Waals surface area contributed by atoms with E-state index in [-0.39, 0.29) is 51.4 Å². The molecule has 160 valence electrons. The molecule has 26 heavy (non-hydrogen) atoms. The molecule has 0 nitrogen and oxygen atoms in total. The van der Waals surface area contributed by atoms with Crippen LogP contribution >= 0.6 is 0 Å². The second-order valence-electron chi connectivity index (χ2n) is 2.91. The van der Waals surface area contributed by atoms with Gasteiger partial charge in [-0.15, -0.1) is 0 Å². The molecule has 0 N–H and O–H groups in total. The predicted octanol–water partition coefficient (Wildman–Crippen LogP) is 5.70. The molecule has 0 bridgehead atoms. The van der Waals surface area contributed by atoms with E-state index in [0.29, 0.717) is 0 Å². The normalized spacial score (nSPS) is 12.5. The van der Waals surface area contributed by atoms with Gasteiger partial charge in [0.1, 0.15) is 0 Å². The van der Waals surface area contributed by atoms with Gasteiger partial charge in [-0.05, 0) is 0 Å². The second-order valence-corrected chi connectivity index (χ2v) is 2.91. The zero-order valence-electron chi connectivity index (χ0n) is 10.5. The monoisotopic (exact) mass is 471 g/mol. The fourth-order valence-corrected chi connectivity index (χ4v) is 0.124. The van der Waals surface area contributed by atoms with Crippen LogP contribution in [0.3, 0.4) is 0 Å². The molecule has 0 aliphatic carbocycles. The fraction of sp³-hybridized carbons (Fsp3) is 1.00. The average molecular weight is 471 g/mol. The summed E-state index contributed by atoms with van der Waals surface area (Å²) in [7, 11) is -18.0. The van der Waals surface area contributed by atoms with E-state index in [1.54, 1.807) is 0 Å². The van der Waals surface area contributed by atoms with Crippen molar-refractivity contribution in [3.05, 3.63) is 0 Å². The summed E-state index contributed by atoms with van der Waals surface area (Å²) in [6.45, 7) is 0. The Kier molecular flexibility index (Phi) is 19.6. The van der Waals surface area contributed by atoms with E-state index >= 15 is 0 Å². The van der Waals surface area contributed by atoms with Gasteiger partial charge in [-0.2, -0.15) is 22.0 Å². The Morgan fingerprint density at radius 2 is 0.577 bits per heavy atom. The third-order valence-corrected chi connectivity index (χ3v) is 0.652. The zero-order valence-corrected chi connectivity index (χ0v) is 10.5. The van der Waals surface area contributed by atoms with Gasteiger partial charge in [-0.3, -0.25) is 0 Å².